The third kappa shape index (κ3) is 1.39. The van der Waals surface area contributed by atoms with Gasteiger partial charge in [0.2, 0.25) is 0 Å². The quantitative estimate of drug-likeness (QED) is 0.661. The van der Waals surface area contributed by atoms with Crippen LogP contribution in [0.1, 0.15) is 25.1 Å². The van der Waals surface area contributed by atoms with Gasteiger partial charge in [0.15, 0.2) is 0 Å². The van der Waals surface area contributed by atoms with E-state index in [0.29, 0.717) is 13.0 Å². The van der Waals surface area contributed by atoms with Crippen molar-refractivity contribution in [1.29, 1.82) is 0 Å². The number of hydrogen-bond acceptors (Lipinski definition) is 3. The van der Waals surface area contributed by atoms with E-state index >= 15 is 0 Å². The highest BCUT2D eigenvalue weighted by Crippen LogP contribution is 2.27. The van der Waals surface area contributed by atoms with Crippen LogP contribution in [0.3, 0.4) is 0 Å². The van der Waals surface area contributed by atoms with Crippen LogP contribution >= 0.6 is 0 Å². The Labute approximate surface area is 81.8 Å². The van der Waals surface area contributed by atoms with Crippen molar-refractivity contribution < 1.29 is 9.53 Å². The number of amides is 1. The van der Waals surface area contributed by atoms with Gasteiger partial charge in [-0.3, -0.25) is 0 Å². The highest BCUT2D eigenvalue weighted by Gasteiger charge is 2.29. The van der Waals surface area contributed by atoms with Gasteiger partial charge in [-0.2, -0.15) is 9.78 Å². The van der Waals surface area contributed by atoms with Gasteiger partial charge in [-0.25, -0.2) is 4.79 Å². The zero-order valence-corrected chi connectivity index (χ0v) is 8.28. The maximum absolute atomic E-state index is 11.0. The maximum atomic E-state index is 11.0. The first kappa shape index (κ1) is 9.21. The number of primary amides is 1. The monoisotopic (exact) mass is 195 g/mol. The summed E-state index contributed by atoms with van der Waals surface area (Å²) in [7, 11) is 0. The summed E-state index contributed by atoms with van der Waals surface area (Å²) in [4.78, 5) is 11.0. The largest absolute Gasteiger partial charge is 0.370 e. The molecule has 0 aliphatic carbocycles. The van der Waals surface area contributed by atoms with E-state index in [9.17, 15) is 4.79 Å². The molecule has 1 aliphatic heterocycles. The highest BCUT2D eigenvalue weighted by molar-refractivity contribution is 5.74. The minimum Gasteiger partial charge on any atom is -0.370 e. The molecule has 0 unspecified atom stereocenters. The Hall–Kier alpha value is -1.36. The van der Waals surface area contributed by atoms with Crippen LogP contribution in [0.4, 0.5) is 4.79 Å². The van der Waals surface area contributed by atoms with Gasteiger partial charge in [-0.15, -0.1) is 0 Å². The summed E-state index contributed by atoms with van der Waals surface area (Å²) in [6, 6.07) is -0.538. The first-order chi connectivity index (χ1) is 6.49. The van der Waals surface area contributed by atoms with E-state index in [-0.39, 0.29) is 5.60 Å². The van der Waals surface area contributed by atoms with E-state index in [2.05, 4.69) is 5.10 Å². The molecule has 0 fully saturated rings. The zero-order chi connectivity index (χ0) is 10.3. The molecule has 14 heavy (non-hydrogen) atoms. The lowest BCUT2D eigenvalue weighted by Gasteiger charge is -2.30. The van der Waals surface area contributed by atoms with E-state index < -0.39 is 6.03 Å². The first-order valence-corrected chi connectivity index (χ1v) is 4.49. The Morgan fingerprint density at radius 2 is 2.43 bits per heavy atom. The third-order valence-electron chi connectivity index (χ3n) is 2.38. The fourth-order valence-electron chi connectivity index (χ4n) is 1.63. The number of carbonyl (C=O) groups excluding carboxylic acids is 1. The minimum atomic E-state index is -0.538. The van der Waals surface area contributed by atoms with Crippen molar-refractivity contribution in [2.24, 2.45) is 5.73 Å². The summed E-state index contributed by atoms with van der Waals surface area (Å²) in [5, 5.41) is 3.92. The van der Waals surface area contributed by atoms with Gasteiger partial charge in [-0.05, 0) is 13.8 Å². The summed E-state index contributed by atoms with van der Waals surface area (Å²) < 4.78 is 6.83. The van der Waals surface area contributed by atoms with E-state index in [1.165, 1.54) is 4.68 Å². The number of fused-ring (bicyclic) bond motifs is 1. The van der Waals surface area contributed by atoms with Crippen LogP contribution < -0.4 is 5.73 Å². The predicted octanol–water partition coefficient (Wildman–Crippen LogP) is 0.661. The van der Waals surface area contributed by atoms with Gasteiger partial charge in [0.25, 0.3) is 0 Å². The summed E-state index contributed by atoms with van der Waals surface area (Å²) >= 11 is 0. The average Bonchev–Trinajstić information content (AvgIpc) is 2.44. The number of hydrogen-bond donors (Lipinski definition) is 1. The number of nitrogens with two attached hydrogens (primary N) is 1. The van der Waals surface area contributed by atoms with Crippen molar-refractivity contribution in [2.75, 3.05) is 0 Å². The average molecular weight is 195 g/mol. The summed E-state index contributed by atoms with van der Waals surface area (Å²) in [6.07, 6.45) is 2.29. The van der Waals surface area contributed by atoms with Gasteiger partial charge in [0.1, 0.15) is 0 Å². The Balaban J connectivity index is 2.42. The molecule has 5 nitrogen and oxygen atoms in total. The molecule has 0 spiro atoms. The number of carbonyl (C=O) groups is 1. The third-order valence-corrected chi connectivity index (χ3v) is 2.38. The van der Waals surface area contributed by atoms with Gasteiger partial charge in [-0.1, -0.05) is 0 Å². The van der Waals surface area contributed by atoms with E-state index in [4.69, 9.17) is 10.5 Å². The molecule has 0 radical (unpaired) electrons. The first-order valence-electron chi connectivity index (χ1n) is 4.49. The second kappa shape index (κ2) is 2.81. The lowest BCUT2D eigenvalue weighted by atomic mass is 9.97. The second-order valence-corrected chi connectivity index (χ2v) is 4.09. The molecule has 0 aromatic carbocycles. The fraction of sp³-hybridized carbons (Fsp3) is 0.556. The summed E-state index contributed by atoms with van der Waals surface area (Å²) in [5.74, 6) is 0. The molecule has 2 N–H and O–H groups in total. The molecule has 1 amide bonds. The molecule has 0 saturated carbocycles. The minimum absolute atomic E-state index is 0.250. The molecular formula is C9H13N3O2. The topological polar surface area (TPSA) is 70.1 Å². The molecule has 2 rings (SSSR count). The van der Waals surface area contributed by atoms with Gasteiger partial charge in [0.05, 0.1) is 24.1 Å². The highest BCUT2D eigenvalue weighted by atomic mass is 16.5. The van der Waals surface area contributed by atoms with Crippen molar-refractivity contribution in [1.82, 2.24) is 9.78 Å². The van der Waals surface area contributed by atoms with Gasteiger partial charge < -0.3 is 10.5 Å². The lowest BCUT2D eigenvalue weighted by molar-refractivity contribution is -0.0411. The molecular weight excluding hydrogens is 182 g/mol. The molecule has 0 saturated heterocycles. The fourth-order valence-corrected chi connectivity index (χ4v) is 1.63. The molecule has 5 heteroatoms. The number of nitrogens with zero attached hydrogens (tertiary/aromatic N) is 2. The van der Waals surface area contributed by atoms with Crippen LogP contribution in [-0.4, -0.2) is 21.4 Å². The van der Waals surface area contributed by atoms with Crippen molar-refractivity contribution >= 4 is 6.03 Å². The van der Waals surface area contributed by atoms with Crippen molar-refractivity contribution in [3.63, 3.8) is 0 Å². The predicted molar refractivity (Wildman–Crippen MR) is 49.8 cm³/mol. The molecule has 0 atom stereocenters. The summed E-state index contributed by atoms with van der Waals surface area (Å²) in [5.41, 5.74) is 6.76. The molecule has 1 aromatic heterocycles. The molecule has 2 heterocycles. The second-order valence-electron chi connectivity index (χ2n) is 4.09. The van der Waals surface area contributed by atoms with Crippen LogP contribution in [0.15, 0.2) is 6.20 Å². The van der Waals surface area contributed by atoms with Crippen LogP contribution in [0, 0.1) is 0 Å². The van der Waals surface area contributed by atoms with Crippen molar-refractivity contribution in [3.05, 3.63) is 17.5 Å². The van der Waals surface area contributed by atoms with Gasteiger partial charge >= 0.3 is 6.03 Å². The van der Waals surface area contributed by atoms with E-state index in [0.717, 1.165) is 11.3 Å². The van der Waals surface area contributed by atoms with Gasteiger partial charge in [0, 0.05) is 12.0 Å². The maximum Gasteiger partial charge on any atom is 0.339 e. The van der Waals surface area contributed by atoms with E-state index in [1.54, 1.807) is 6.20 Å². The standard InChI is InChI=1S/C9H13N3O2/c1-9(2)3-7-6(5-14-9)4-11-12(7)8(10)13/h4H,3,5H2,1-2H3,(H2,10,13). The Morgan fingerprint density at radius 3 is 3.07 bits per heavy atom. The molecule has 1 aromatic rings. The van der Waals surface area contributed by atoms with Crippen molar-refractivity contribution in [2.45, 2.75) is 32.5 Å². The molecule has 0 bridgehead atoms. The van der Waals surface area contributed by atoms with Crippen LogP contribution in [0.25, 0.3) is 0 Å². The van der Waals surface area contributed by atoms with Crippen molar-refractivity contribution in [3.8, 4) is 0 Å². The number of rotatable bonds is 0. The van der Waals surface area contributed by atoms with E-state index in [1.807, 2.05) is 13.8 Å². The Kier molecular flexibility index (Phi) is 1.85. The molecule has 1 aliphatic rings. The van der Waals surface area contributed by atoms with Crippen LogP contribution in [-0.2, 0) is 17.8 Å². The molecule has 76 valence electrons. The number of ether oxygens (including phenoxy) is 1. The smallest absolute Gasteiger partial charge is 0.339 e. The van der Waals surface area contributed by atoms with Crippen LogP contribution in [0.5, 0.6) is 0 Å². The van der Waals surface area contributed by atoms with Crippen LogP contribution in [0.2, 0.25) is 0 Å². The normalized spacial score (nSPS) is 19.0. The Bertz CT molecular complexity index is 381. The number of aromatic nitrogens is 2. The zero-order valence-electron chi connectivity index (χ0n) is 8.28. The summed E-state index contributed by atoms with van der Waals surface area (Å²) in [6.45, 7) is 4.46. The lowest BCUT2D eigenvalue weighted by Crippen LogP contribution is -2.34. The SMILES string of the molecule is CC1(C)Cc2c(cnn2C(N)=O)CO1. The Morgan fingerprint density at radius 1 is 1.71 bits per heavy atom.